The molecule has 0 aliphatic carbocycles. The molecule has 2 amide bonds. The molecule has 1 aliphatic heterocycles. The Morgan fingerprint density at radius 1 is 1.15 bits per heavy atom. The summed E-state index contributed by atoms with van der Waals surface area (Å²) in [6, 6.07) is 9.84. The number of hydrogen-bond acceptors (Lipinski definition) is 3. The highest BCUT2D eigenvalue weighted by Crippen LogP contribution is 2.30. The molecule has 0 aromatic heterocycles. The van der Waals surface area contributed by atoms with Crippen molar-refractivity contribution in [1.82, 2.24) is 0 Å². The van der Waals surface area contributed by atoms with Crippen LogP contribution in [0.5, 0.6) is 0 Å². The minimum absolute atomic E-state index is 0.0301. The molecule has 0 saturated carbocycles. The highest BCUT2D eigenvalue weighted by atomic mass is 19.1. The van der Waals surface area contributed by atoms with Gasteiger partial charge in [0.2, 0.25) is 11.8 Å². The van der Waals surface area contributed by atoms with Crippen molar-refractivity contribution in [3.05, 3.63) is 53.3 Å². The number of hydrogen-bond donors (Lipinski definition) is 2. The van der Waals surface area contributed by atoms with E-state index in [4.69, 9.17) is 0 Å². The molecule has 0 spiro atoms. The van der Waals surface area contributed by atoms with Gasteiger partial charge in [0.15, 0.2) is 0 Å². The molecule has 0 saturated heterocycles. The van der Waals surface area contributed by atoms with E-state index in [0.717, 1.165) is 23.4 Å². The fraction of sp³-hybridized carbons (Fsp3) is 0.300. The lowest BCUT2D eigenvalue weighted by Crippen LogP contribution is -2.32. The number of amides is 2. The van der Waals surface area contributed by atoms with Crippen LogP contribution in [0.3, 0.4) is 0 Å². The number of benzene rings is 2. The summed E-state index contributed by atoms with van der Waals surface area (Å²) in [5.74, 6) is -0.571. The lowest BCUT2D eigenvalue weighted by Gasteiger charge is -2.18. The van der Waals surface area contributed by atoms with E-state index in [-0.39, 0.29) is 17.6 Å². The average Bonchev–Trinajstić information content (AvgIpc) is 3.01. The van der Waals surface area contributed by atoms with Crippen molar-refractivity contribution in [2.75, 3.05) is 22.1 Å². The van der Waals surface area contributed by atoms with Gasteiger partial charge in [0.25, 0.3) is 0 Å². The topological polar surface area (TPSA) is 61.4 Å². The second-order valence-corrected chi connectivity index (χ2v) is 6.58. The first-order valence-corrected chi connectivity index (χ1v) is 8.59. The molecule has 136 valence electrons. The number of rotatable bonds is 4. The van der Waals surface area contributed by atoms with Crippen LogP contribution in [-0.4, -0.2) is 24.4 Å². The van der Waals surface area contributed by atoms with E-state index < -0.39 is 6.04 Å². The Kier molecular flexibility index (Phi) is 4.93. The molecule has 6 heteroatoms. The molecule has 0 fully saturated rings. The summed E-state index contributed by atoms with van der Waals surface area (Å²) < 4.78 is 13.6. The first kappa shape index (κ1) is 17.9. The molecule has 1 unspecified atom stereocenters. The van der Waals surface area contributed by atoms with Crippen LogP contribution in [-0.2, 0) is 16.0 Å². The smallest absolute Gasteiger partial charge is 0.246 e. The number of anilines is 3. The van der Waals surface area contributed by atoms with E-state index in [2.05, 4.69) is 10.6 Å². The number of nitrogens with one attached hydrogen (secondary N) is 2. The van der Waals surface area contributed by atoms with Crippen LogP contribution in [0.1, 0.15) is 25.0 Å². The minimum atomic E-state index is -0.497. The standard InChI is InChI=1S/C20H22FN3O2/c1-12-4-5-17(11-18(12)21)23-20(26)13(2)22-16-6-7-19-15(10-16)8-9-24(19)14(3)25/h4-7,10-11,13,22H,8-9H2,1-3H3,(H,23,26). The Balaban J connectivity index is 1.66. The number of aryl methyl sites for hydroxylation is 1. The largest absolute Gasteiger partial charge is 0.374 e. The third-order valence-electron chi connectivity index (χ3n) is 4.57. The lowest BCUT2D eigenvalue weighted by atomic mass is 10.1. The Morgan fingerprint density at radius 2 is 1.88 bits per heavy atom. The zero-order valence-electron chi connectivity index (χ0n) is 15.1. The van der Waals surface area contributed by atoms with Gasteiger partial charge in [0, 0.05) is 30.5 Å². The monoisotopic (exact) mass is 355 g/mol. The summed E-state index contributed by atoms with van der Waals surface area (Å²) >= 11 is 0. The van der Waals surface area contributed by atoms with Crippen molar-refractivity contribution in [2.24, 2.45) is 0 Å². The van der Waals surface area contributed by atoms with Gasteiger partial charge >= 0.3 is 0 Å². The average molecular weight is 355 g/mol. The van der Waals surface area contributed by atoms with Gasteiger partial charge in [-0.25, -0.2) is 4.39 Å². The highest BCUT2D eigenvalue weighted by molar-refractivity contribution is 5.97. The van der Waals surface area contributed by atoms with Gasteiger partial charge in [-0.3, -0.25) is 9.59 Å². The van der Waals surface area contributed by atoms with Gasteiger partial charge in [-0.2, -0.15) is 0 Å². The fourth-order valence-corrected chi connectivity index (χ4v) is 3.06. The van der Waals surface area contributed by atoms with Crippen molar-refractivity contribution in [2.45, 2.75) is 33.2 Å². The molecule has 2 aromatic rings. The van der Waals surface area contributed by atoms with Gasteiger partial charge in [-0.15, -0.1) is 0 Å². The van der Waals surface area contributed by atoms with Crippen molar-refractivity contribution >= 4 is 28.9 Å². The molecular formula is C20H22FN3O2. The molecule has 0 radical (unpaired) electrons. The zero-order valence-corrected chi connectivity index (χ0v) is 15.1. The molecule has 3 rings (SSSR count). The first-order valence-electron chi connectivity index (χ1n) is 8.59. The first-order chi connectivity index (χ1) is 12.3. The molecule has 1 atom stereocenters. The van der Waals surface area contributed by atoms with E-state index in [1.807, 2.05) is 18.2 Å². The second kappa shape index (κ2) is 7.15. The van der Waals surface area contributed by atoms with Gasteiger partial charge in [-0.05, 0) is 61.7 Å². The number of carbonyl (C=O) groups excluding carboxylic acids is 2. The van der Waals surface area contributed by atoms with E-state index in [9.17, 15) is 14.0 Å². The maximum absolute atomic E-state index is 13.6. The number of carbonyl (C=O) groups is 2. The molecule has 2 N–H and O–H groups in total. The highest BCUT2D eigenvalue weighted by Gasteiger charge is 2.22. The Labute approximate surface area is 152 Å². The Hall–Kier alpha value is -2.89. The van der Waals surface area contributed by atoms with E-state index >= 15 is 0 Å². The van der Waals surface area contributed by atoms with Crippen LogP contribution in [0, 0.1) is 12.7 Å². The number of nitrogens with zero attached hydrogens (tertiary/aromatic N) is 1. The molecule has 1 heterocycles. The van der Waals surface area contributed by atoms with E-state index in [1.165, 1.54) is 6.07 Å². The molecule has 0 bridgehead atoms. The molecule has 5 nitrogen and oxygen atoms in total. The second-order valence-electron chi connectivity index (χ2n) is 6.58. The van der Waals surface area contributed by atoms with Crippen molar-refractivity contribution in [3.8, 4) is 0 Å². The van der Waals surface area contributed by atoms with Crippen molar-refractivity contribution < 1.29 is 14.0 Å². The molecule has 26 heavy (non-hydrogen) atoms. The fourth-order valence-electron chi connectivity index (χ4n) is 3.06. The molecule has 2 aromatic carbocycles. The molecular weight excluding hydrogens is 333 g/mol. The lowest BCUT2D eigenvalue weighted by molar-refractivity contribution is -0.117. The van der Waals surface area contributed by atoms with Gasteiger partial charge in [-0.1, -0.05) is 6.07 Å². The zero-order chi connectivity index (χ0) is 18.8. The summed E-state index contributed by atoms with van der Waals surface area (Å²) in [5.41, 5.74) is 3.78. The van der Waals surface area contributed by atoms with Crippen LogP contribution >= 0.6 is 0 Å². The summed E-state index contributed by atoms with van der Waals surface area (Å²) in [6.07, 6.45) is 0.799. The van der Waals surface area contributed by atoms with Crippen molar-refractivity contribution in [1.29, 1.82) is 0 Å². The third kappa shape index (κ3) is 3.69. The molecule has 1 aliphatic rings. The van der Waals surface area contributed by atoms with Crippen LogP contribution in [0.15, 0.2) is 36.4 Å². The minimum Gasteiger partial charge on any atom is -0.374 e. The van der Waals surface area contributed by atoms with E-state index in [0.29, 0.717) is 17.8 Å². The summed E-state index contributed by atoms with van der Waals surface area (Å²) in [7, 11) is 0. The van der Waals surface area contributed by atoms with Gasteiger partial charge in [0.1, 0.15) is 11.9 Å². The maximum atomic E-state index is 13.6. The van der Waals surface area contributed by atoms with Crippen molar-refractivity contribution in [3.63, 3.8) is 0 Å². The number of fused-ring (bicyclic) bond motifs is 1. The van der Waals surface area contributed by atoms with Gasteiger partial charge < -0.3 is 15.5 Å². The third-order valence-corrected chi connectivity index (χ3v) is 4.57. The summed E-state index contributed by atoms with van der Waals surface area (Å²) in [5, 5.41) is 5.86. The number of halogens is 1. The SMILES string of the molecule is CC(=O)N1CCc2cc(NC(C)C(=O)Nc3ccc(C)c(F)c3)ccc21. The van der Waals surface area contributed by atoms with Crippen LogP contribution in [0.2, 0.25) is 0 Å². The Morgan fingerprint density at radius 3 is 2.58 bits per heavy atom. The predicted octanol–water partition coefficient (Wildman–Crippen LogP) is 3.48. The van der Waals surface area contributed by atoms with Crippen LogP contribution in [0.25, 0.3) is 0 Å². The van der Waals surface area contributed by atoms with E-state index in [1.54, 1.807) is 37.8 Å². The van der Waals surface area contributed by atoms with Crippen LogP contribution < -0.4 is 15.5 Å². The quantitative estimate of drug-likeness (QED) is 0.883. The normalized spacial score (nSPS) is 13.9. The summed E-state index contributed by atoms with van der Waals surface area (Å²) in [6.45, 7) is 5.66. The summed E-state index contributed by atoms with van der Waals surface area (Å²) in [4.78, 5) is 25.7. The van der Waals surface area contributed by atoms with Gasteiger partial charge in [0.05, 0.1) is 0 Å². The van der Waals surface area contributed by atoms with Crippen LogP contribution in [0.4, 0.5) is 21.5 Å². The Bertz CT molecular complexity index is 866. The predicted molar refractivity (Wildman–Crippen MR) is 101 cm³/mol. The maximum Gasteiger partial charge on any atom is 0.246 e.